The Morgan fingerprint density at radius 1 is 0.941 bits per heavy atom. The topological polar surface area (TPSA) is 60.8 Å². The summed E-state index contributed by atoms with van der Waals surface area (Å²) in [6, 6.07) is 17.6. The maximum atomic E-state index is 12.9. The first kappa shape index (κ1) is 23.7. The number of hydrogen-bond donors (Lipinski definition) is 0. The van der Waals surface area contributed by atoms with Crippen molar-refractivity contribution in [3.8, 4) is 17.2 Å². The second kappa shape index (κ2) is 10.2. The monoisotopic (exact) mass is 476 g/mol. The number of imide groups is 1. The Morgan fingerprint density at radius 2 is 1.71 bits per heavy atom. The third-order valence-electron chi connectivity index (χ3n) is 5.61. The fourth-order valence-electron chi connectivity index (χ4n) is 3.98. The Bertz CT molecular complexity index is 1240. The van der Waals surface area contributed by atoms with Gasteiger partial charge in [-0.1, -0.05) is 12.1 Å². The molecule has 7 heteroatoms. The van der Waals surface area contributed by atoms with Gasteiger partial charge < -0.3 is 14.0 Å². The van der Waals surface area contributed by atoms with E-state index in [0.29, 0.717) is 11.5 Å². The SMILES string of the molecule is CCOc1ccc(-n2c(C)cc(/C=C3\SC(=O)N(CCOc4cccc(C)c4)C3=O)c2C)cc1. The van der Waals surface area contributed by atoms with Crippen LogP contribution >= 0.6 is 11.8 Å². The maximum absolute atomic E-state index is 12.9. The highest BCUT2D eigenvalue weighted by Crippen LogP contribution is 2.34. The molecule has 2 heterocycles. The summed E-state index contributed by atoms with van der Waals surface area (Å²) in [5.74, 6) is 1.27. The number of carbonyl (C=O) groups is 2. The molecule has 1 aromatic heterocycles. The van der Waals surface area contributed by atoms with Crippen molar-refractivity contribution in [1.82, 2.24) is 9.47 Å². The lowest BCUT2D eigenvalue weighted by Crippen LogP contribution is -2.32. The lowest BCUT2D eigenvalue weighted by molar-refractivity contribution is -0.123. The van der Waals surface area contributed by atoms with Gasteiger partial charge in [0.2, 0.25) is 0 Å². The molecule has 0 saturated carbocycles. The number of nitrogens with zero attached hydrogens (tertiary/aromatic N) is 2. The van der Waals surface area contributed by atoms with Crippen LogP contribution in [0.15, 0.2) is 59.5 Å². The van der Waals surface area contributed by atoms with Crippen LogP contribution < -0.4 is 9.47 Å². The minimum Gasteiger partial charge on any atom is -0.494 e. The molecule has 1 saturated heterocycles. The van der Waals surface area contributed by atoms with Crippen molar-refractivity contribution in [2.45, 2.75) is 27.7 Å². The van der Waals surface area contributed by atoms with Gasteiger partial charge in [0.15, 0.2) is 0 Å². The summed E-state index contributed by atoms with van der Waals surface area (Å²) in [5, 5.41) is -0.274. The summed E-state index contributed by atoms with van der Waals surface area (Å²) in [7, 11) is 0. The number of benzene rings is 2. The van der Waals surface area contributed by atoms with Crippen LogP contribution in [0.2, 0.25) is 0 Å². The van der Waals surface area contributed by atoms with Crippen LogP contribution in [0.3, 0.4) is 0 Å². The van der Waals surface area contributed by atoms with E-state index in [4.69, 9.17) is 9.47 Å². The van der Waals surface area contributed by atoms with E-state index in [1.54, 1.807) is 6.08 Å². The highest BCUT2D eigenvalue weighted by atomic mass is 32.2. The first-order chi connectivity index (χ1) is 16.4. The molecule has 1 fully saturated rings. The van der Waals surface area contributed by atoms with Crippen LogP contribution in [0.1, 0.15) is 29.4 Å². The quantitative estimate of drug-likeness (QED) is 0.378. The molecule has 0 aliphatic carbocycles. The van der Waals surface area contributed by atoms with Gasteiger partial charge in [0.05, 0.1) is 18.1 Å². The lowest BCUT2D eigenvalue weighted by Gasteiger charge is -2.13. The molecule has 1 aliphatic rings. The van der Waals surface area contributed by atoms with E-state index in [9.17, 15) is 9.59 Å². The highest BCUT2D eigenvalue weighted by Gasteiger charge is 2.35. The van der Waals surface area contributed by atoms with Gasteiger partial charge in [0.1, 0.15) is 18.1 Å². The number of aryl methyl sites for hydroxylation is 2. The van der Waals surface area contributed by atoms with Gasteiger partial charge in [-0.05, 0) is 99.1 Å². The molecule has 2 aromatic carbocycles. The fraction of sp³-hybridized carbons (Fsp3) is 0.259. The minimum atomic E-state index is -0.284. The Balaban J connectivity index is 1.48. The molecule has 1 aliphatic heterocycles. The Hall–Kier alpha value is -3.45. The van der Waals surface area contributed by atoms with Crippen LogP contribution in [0.25, 0.3) is 11.8 Å². The van der Waals surface area contributed by atoms with Crippen molar-refractivity contribution < 1.29 is 19.1 Å². The van der Waals surface area contributed by atoms with E-state index in [-0.39, 0.29) is 24.3 Å². The fourth-order valence-corrected chi connectivity index (χ4v) is 4.84. The van der Waals surface area contributed by atoms with Gasteiger partial charge in [-0.25, -0.2) is 0 Å². The number of thioether (sulfide) groups is 1. The van der Waals surface area contributed by atoms with Gasteiger partial charge >= 0.3 is 0 Å². The third kappa shape index (κ3) is 5.04. The molecule has 34 heavy (non-hydrogen) atoms. The molecule has 3 aromatic rings. The van der Waals surface area contributed by atoms with Crippen LogP contribution in [-0.4, -0.2) is 40.4 Å². The number of hydrogen-bond acceptors (Lipinski definition) is 5. The van der Waals surface area contributed by atoms with Crippen LogP contribution in [0.5, 0.6) is 11.5 Å². The molecule has 0 N–H and O–H groups in total. The summed E-state index contributed by atoms with van der Waals surface area (Å²) in [6.07, 6.45) is 1.81. The van der Waals surface area contributed by atoms with E-state index in [1.165, 1.54) is 4.90 Å². The van der Waals surface area contributed by atoms with Gasteiger partial charge in [0.25, 0.3) is 11.1 Å². The van der Waals surface area contributed by atoms with E-state index in [1.807, 2.05) is 82.3 Å². The summed E-state index contributed by atoms with van der Waals surface area (Å²) < 4.78 is 13.4. The molecule has 2 amide bonds. The number of carbonyl (C=O) groups excluding carboxylic acids is 2. The van der Waals surface area contributed by atoms with E-state index in [0.717, 1.165) is 51.5 Å². The molecular formula is C27H28N2O4S. The zero-order valence-electron chi connectivity index (χ0n) is 19.8. The normalized spacial score (nSPS) is 14.8. The second-order valence-corrected chi connectivity index (χ2v) is 9.08. The molecular weight excluding hydrogens is 448 g/mol. The summed E-state index contributed by atoms with van der Waals surface area (Å²) in [4.78, 5) is 27.1. The number of amides is 2. The Kier molecular flexibility index (Phi) is 7.12. The average molecular weight is 477 g/mol. The van der Waals surface area contributed by atoms with Crippen molar-refractivity contribution >= 4 is 29.0 Å². The Labute approximate surface area is 204 Å². The molecule has 6 nitrogen and oxygen atoms in total. The molecule has 0 bridgehead atoms. The average Bonchev–Trinajstić information content (AvgIpc) is 3.23. The van der Waals surface area contributed by atoms with E-state index >= 15 is 0 Å². The van der Waals surface area contributed by atoms with Crippen molar-refractivity contribution in [3.63, 3.8) is 0 Å². The zero-order chi connectivity index (χ0) is 24.2. The molecule has 0 radical (unpaired) electrons. The van der Waals surface area contributed by atoms with Gasteiger partial charge in [-0.3, -0.25) is 14.5 Å². The Morgan fingerprint density at radius 3 is 2.41 bits per heavy atom. The van der Waals surface area contributed by atoms with Crippen molar-refractivity contribution in [2.24, 2.45) is 0 Å². The van der Waals surface area contributed by atoms with Gasteiger partial charge in [-0.15, -0.1) is 0 Å². The summed E-state index contributed by atoms with van der Waals surface area (Å²) in [6.45, 7) is 9.06. The summed E-state index contributed by atoms with van der Waals surface area (Å²) >= 11 is 0.970. The predicted octanol–water partition coefficient (Wildman–Crippen LogP) is 5.92. The van der Waals surface area contributed by atoms with Crippen LogP contribution in [0, 0.1) is 20.8 Å². The number of rotatable bonds is 8. The predicted molar refractivity (Wildman–Crippen MR) is 136 cm³/mol. The first-order valence-electron chi connectivity index (χ1n) is 11.2. The van der Waals surface area contributed by atoms with Crippen molar-refractivity contribution in [3.05, 3.63) is 82.0 Å². The highest BCUT2D eigenvalue weighted by molar-refractivity contribution is 8.18. The summed E-state index contributed by atoms with van der Waals surface area (Å²) in [5.41, 5.74) is 5.05. The van der Waals surface area contributed by atoms with E-state index < -0.39 is 0 Å². The maximum Gasteiger partial charge on any atom is 0.293 e. The van der Waals surface area contributed by atoms with Gasteiger partial charge in [-0.2, -0.15) is 0 Å². The zero-order valence-corrected chi connectivity index (χ0v) is 20.6. The van der Waals surface area contributed by atoms with Crippen molar-refractivity contribution in [1.29, 1.82) is 0 Å². The number of ether oxygens (including phenoxy) is 2. The van der Waals surface area contributed by atoms with Crippen molar-refractivity contribution in [2.75, 3.05) is 19.8 Å². The first-order valence-corrected chi connectivity index (χ1v) is 12.1. The van der Waals surface area contributed by atoms with Crippen LogP contribution in [-0.2, 0) is 4.79 Å². The van der Waals surface area contributed by atoms with Crippen LogP contribution in [0.4, 0.5) is 4.79 Å². The second-order valence-electron chi connectivity index (χ2n) is 8.09. The standard InChI is InChI=1S/C27H28N2O4S/c1-5-32-23-11-9-22(10-12-23)29-19(3)16-21(20(29)4)17-25-26(30)28(27(31)34-25)13-14-33-24-8-6-7-18(2)15-24/h6-12,15-17H,5,13-14H2,1-4H3/b25-17-. The molecule has 4 rings (SSSR count). The third-order valence-corrected chi connectivity index (χ3v) is 6.52. The van der Waals surface area contributed by atoms with E-state index in [2.05, 4.69) is 4.57 Å². The smallest absolute Gasteiger partial charge is 0.293 e. The number of aromatic nitrogens is 1. The molecule has 0 atom stereocenters. The minimum absolute atomic E-state index is 0.209. The lowest BCUT2D eigenvalue weighted by atomic mass is 10.2. The van der Waals surface area contributed by atoms with Gasteiger partial charge in [0, 0.05) is 17.1 Å². The largest absolute Gasteiger partial charge is 0.494 e. The molecule has 0 spiro atoms. The molecule has 0 unspecified atom stereocenters. The molecule has 176 valence electrons.